The molecule has 1 atom stereocenters. The van der Waals surface area contributed by atoms with E-state index < -0.39 is 5.97 Å². The van der Waals surface area contributed by atoms with Crippen molar-refractivity contribution in [3.63, 3.8) is 0 Å². The Hall–Kier alpha value is -1.71. The molecule has 0 bridgehead atoms. The molecule has 1 unspecified atom stereocenters. The van der Waals surface area contributed by atoms with Crippen LogP contribution in [0.15, 0.2) is 18.2 Å². The molecule has 1 aliphatic rings. The molecule has 1 heterocycles. The Balaban J connectivity index is 2.20. The van der Waals surface area contributed by atoms with Crippen molar-refractivity contribution in [2.45, 2.75) is 19.8 Å². The van der Waals surface area contributed by atoms with Gasteiger partial charge in [0.1, 0.15) is 0 Å². The summed E-state index contributed by atoms with van der Waals surface area (Å²) in [4.78, 5) is 13.1. The molecule has 0 spiro atoms. The monoisotopic (exact) mass is 234 g/mol. The minimum atomic E-state index is -0.934. The van der Waals surface area contributed by atoms with Gasteiger partial charge in [-0.25, -0.2) is 4.79 Å². The van der Waals surface area contributed by atoms with Gasteiger partial charge in [-0.1, -0.05) is 13.3 Å². The molecule has 0 saturated carbocycles. The van der Waals surface area contributed by atoms with Gasteiger partial charge in [-0.3, -0.25) is 0 Å². The molecule has 2 rings (SSSR count). The Labute approximate surface area is 101 Å². The maximum absolute atomic E-state index is 10.8. The van der Waals surface area contributed by atoms with Gasteiger partial charge in [-0.2, -0.15) is 0 Å². The molecule has 4 nitrogen and oxygen atoms in total. The second kappa shape index (κ2) is 4.65. The first kappa shape index (κ1) is 11.8. The third kappa shape index (κ3) is 2.35. The molecule has 1 aliphatic heterocycles. The summed E-state index contributed by atoms with van der Waals surface area (Å²) in [6.07, 6.45) is 2.38. The lowest BCUT2D eigenvalue weighted by Gasteiger charge is -2.20. The summed E-state index contributed by atoms with van der Waals surface area (Å²) < 4.78 is 0. The molecule has 0 aliphatic carbocycles. The van der Waals surface area contributed by atoms with E-state index in [4.69, 9.17) is 10.8 Å². The lowest BCUT2D eigenvalue weighted by Crippen LogP contribution is -2.20. The second-order valence-corrected chi connectivity index (χ2v) is 4.59. The van der Waals surface area contributed by atoms with Gasteiger partial charge in [0, 0.05) is 13.1 Å². The maximum atomic E-state index is 10.8. The van der Waals surface area contributed by atoms with E-state index >= 15 is 0 Å². The van der Waals surface area contributed by atoms with E-state index in [9.17, 15) is 4.79 Å². The summed E-state index contributed by atoms with van der Waals surface area (Å²) in [7, 11) is 0. The van der Waals surface area contributed by atoms with Gasteiger partial charge in [-0.15, -0.1) is 0 Å². The van der Waals surface area contributed by atoms with Crippen molar-refractivity contribution in [1.82, 2.24) is 0 Å². The topological polar surface area (TPSA) is 66.6 Å². The molecule has 17 heavy (non-hydrogen) atoms. The summed E-state index contributed by atoms with van der Waals surface area (Å²) in [6.45, 7) is 4.23. The van der Waals surface area contributed by atoms with Gasteiger partial charge in [0.25, 0.3) is 0 Å². The fourth-order valence-electron chi connectivity index (χ4n) is 2.36. The van der Waals surface area contributed by atoms with Crippen LogP contribution in [0.2, 0.25) is 0 Å². The number of benzene rings is 1. The van der Waals surface area contributed by atoms with Crippen LogP contribution in [0, 0.1) is 5.92 Å². The molecule has 1 fully saturated rings. The van der Waals surface area contributed by atoms with Crippen molar-refractivity contribution >= 4 is 17.3 Å². The van der Waals surface area contributed by atoms with Gasteiger partial charge < -0.3 is 15.7 Å². The highest BCUT2D eigenvalue weighted by atomic mass is 16.4. The standard InChI is InChI=1S/C13H18N2O2/c1-2-9-5-6-15(8-9)12-4-3-10(13(16)17)7-11(12)14/h3-4,7,9H,2,5-6,8,14H2,1H3,(H,16,17). The first-order chi connectivity index (χ1) is 8.11. The number of carbonyl (C=O) groups is 1. The third-order valence-electron chi connectivity index (χ3n) is 3.48. The largest absolute Gasteiger partial charge is 0.478 e. The number of hydrogen-bond acceptors (Lipinski definition) is 3. The number of aromatic carboxylic acids is 1. The van der Waals surface area contributed by atoms with Crippen LogP contribution in [0.5, 0.6) is 0 Å². The van der Waals surface area contributed by atoms with Crippen LogP contribution < -0.4 is 10.6 Å². The highest BCUT2D eigenvalue weighted by Gasteiger charge is 2.22. The van der Waals surface area contributed by atoms with Crippen LogP contribution in [-0.2, 0) is 0 Å². The van der Waals surface area contributed by atoms with Gasteiger partial charge in [0.2, 0.25) is 0 Å². The zero-order chi connectivity index (χ0) is 12.4. The van der Waals surface area contributed by atoms with Crippen molar-refractivity contribution in [2.75, 3.05) is 23.7 Å². The summed E-state index contributed by atoms with van der Waals surface area (Å²) in [6, 6.07) is 4.97. The number of anilines is 2. The summed E-state index contributed by atoms with van der Waals surface area (Å²) in [5, 5.41) is 8.88. The van der Waals surface area contributed by atoms with E-state index in [0.29, 0.717) is 5.69 Å². The highest BCUT2D eigenvalue weighted by Crippen LogP contribution is 2.30. The van der Waals surface area contributed by atoms with E-state index in [0.717, 1.165) is 24.7 Å². The van der Waals surface area contributed by atoms with Gasteiger partial charge in [0.15, 0.2) is 0 Å². The summed E-state index contributed by atoms with van der Waals surface area (Å²) in [5.41, 5.74) is 7.69. The number of hydrogen-bond donors (Lipinski definition) is 2. The molecule has 3 N–H and O–H groups in total. The number of nitrogen functional groups attached to an aromatic ring is 1. The molecule has 4 heteroatoms. The smallest absolute Gasteiger partial charge is 0.335 e. The average Bonchev–Trinajstić information content (AvgIpc) is 2.77. The molecule has 1 saturated heterocycles. The van der Waals surface area contributed by atoms with Gasteiger partial charge >= 0.3 is 5.97 Å². The molecule has 1 aromatic carbocycles. The highest BCUT2D eigenvalue weighted by molar-refractivity contribution is 5.90. The SMILES string of the molecule is CCC1CCN(c2ccc(C(=O)O)cc2N)C1. The summed E-state index contributed by atoms with van der Waals surface area (Å²) in [5.74, 6) is -0.204. The van der Waals surface area contributed by atoms with Crippen molar-refractivity contribution in [3.8, 4) is 0 Å². The molecule has 0 amide bonds. The lowest BCUT2D eigenvalue weighted by molar-refractivity contribution is 0.0697. The zero-order valence-corrected chi connectivity index (χ0v) is 10.0. The Bertz CT molecular complexity index is 431. The third-order valence-corrected chi connectivity index (χ3v) is 3.48. The van der Waals surface area contributed by atoms with Crippen LogP contribution in [0.25, 0.3) is 0 Å². The van der Waals surface area contributed by atoms with E-state index in [1.807, 2.05) is 6.07 Å². The number of carboxylic acid groups (broad SMARTS) is 1. The van der Waals surface area contributed by atoms with Gasteiger partial charge in [0.05, 0.1) is 16.9 Å². The van der Waals surface area contributed by atoms with Crippen molar-refractivity contribution < 1.29 is 9.90 Å². The lowest BCUT2D eigenvalue weighted by atomic mass is 10.1. The van der Waals surface area contributed by atoms with Crippen LogP contribution in [0.1, 0.15) is 30.1 Å². The Morgan fingerprint density at radius 2 is 2.35 bits per heavy atom. The van der Waals surface area contributed by atoms with Crippen molar-refractivity contribution in [1.29, 1.82) is 0 Å². The minimum absolute atomic E-state index is 0.248. The normalized spacial score (nSPS) is 19.6. The number of rotatable bonds is 3. The van der Waals surface area contributed by atoms with Crippen molar-refractivity contribution in [2.24, 2.45) is 5.92 Å². The fourth-order valence-corrected chi connectivity index (χ4v) is 2.36. The van der Waals surface area contributed by atoms with Gasteiger partial charge in [-0.05, 0) is 30.5 Å². The van der Waals surface area contributed by atoms with Crippen molar-refractivity contribution in [3.05, 3.63) is 23.8 Å². The van der Waals surface area contributed by atoms with Crippen LogP contribution in [0.3, 0.4) is 0 Å². The molecule has 0 radical (unpaired) electrons. The Morgan fingerprint density at radius 3 is 2.88 bits per heavy atom. The first-order valence-corrected chi connectivity index (χ1v) is 5.99. The number of nitrogens with two attached hydrogens (primary N) is 1. The maximum Gasteiger partial charge on any atom is 0.335 e. The van der Waals surface area contributed by atoms with E-state index in [-0.39, 0.29) is 5.56 Å². The molecule has 92 valence electrons. The van der Waals surface area contributed by atoms with E-state index in [1.165, 1.54) is 18.9 Å². The van der Waals surface area contributed by atoms with Crippen LogP contribution in [-0.4, -0.2) is 24.2 Å². The Morgan fingerprint density at radius 1 is 1.59 bits per heavy atom. The molecule has 0 aromatic heterocycles. The zero-order valence-electron chi connectivity index (χ0n) is 10.0. The first-order valence-electron chi connectivity index (χ1n) is 5.99. The number of carboxylic acids is 1. The van der Waals surface area contributed by atoms with E-state index in [2.05, 4.69) is 11.8 Å². The molecular formula is C13H18N2O2. The fraction of sp³-hybridized carbons (Fsp3) is 0.462. The van der Waals surface area contributed by atoms with Crippen LogP contribution in [0.4, 0.5) is 11.4 Å². The predicted octanol–water partition coefficient (Wildman–Crippen LogP) is 2.20. The van der Waals surface area contributed by atoms with Crippen LogP contribution >= 0.6 is 0 Å². The quantitative estimate of drug-likeness (QED) is 0.787. The Kier molecular flexibility index (Phi) is 3.22. The predicted molar refractivity (Wildman–Crippen MR) is 68.4 cm³/mol. The molecule has 1 aromatic rings. The minimum Gasteiger partial charge on any atom is -0.478 e. The average molecular weight is 234 g/mol. The van der Waals surface area contributed by atoms with E-state index in [1.54, 1.807) is 6.07 Å². The molecular weight excluding hydrogens is 216 g/mol. The second-order valence-electron chi connectivity index (χ2n) is 4.59. The summed E-state index contributed by atoms with van der Waals surface area (Å²) >= 11 is 0. The number of nitrogens with zero attached hydrogens (tertiary/aromatic N) is 1.